The number of hydrogen-bond acceptors (Lipinski definition) is 25. The van der Waals surface area contributed by atoms with E-state index in [1.807, 2.05) is 58.0 Å². The summed E-state index contributed by atoms with van der Waals surface area (Å²) in [5.74, 6) is 2.96. The number of rotatable bonds is 24. The van der Waals surface area contributed by atoms with Gasteiger partial charge >= 0.3 is 34.1 Å². The number of tetrazole rings is 6. The van der Waals surface area contributed by atoms with Gasteiger partial charge in [-0.25, -0.2) is 33.2 Å². The molecule has 0 bridgehead atoms. The first-order valence-electron chi connectivity index (χ1n) is 42.2. The number of nitriles is 1. The van der Waals surface area contributed by atoms with E-state index < -0.39 is 11.5 Å². The molecule has 18 rings (SSSR count). The molecule has 0 aliphatic rings. The normalized spacial score (nSPS) is 10.2. The molecule has 0 aliphatic heterocycles. The summed E-state index contributed by atoms with van der Waals surface area (Å²) in [6.07, 6.45) is 0. The second-order valence-electron chi connectivity index (χ2n) is 30.5. The zero-order valence-electron chi connectivity index (χ0n) is 80.8. The molecule has 0 amide bonds. The van der Waals surface area contributed by atoms with Gasteiger partial charge in [0, 0.05) is 342 Å². The number of hydrogen-bond donors (Lipinski definition) is 0. The van der Waals surface area contributed by atoms with Gasteiger partial charge in [-0.2, -0.15) is 122 Å². The van der Waals surface area contributed by atoms with Crippen LogP contribution in [0.2, 0.25) is 35.2 Å². The van der Waals surface area contributed by atoms with Gasteiger partial charge in [0.05, 0.1) is 46.4 Å². The summed E-state index contributed by atoms with van der Waals surface area (Å²) in [5, 5.41) is 57.5. The molecule has 18 aromatic rings. The fraction of sp³-hybridized carbons (Fsp3) is 0.175. The van der Waals surface area contributed by atoms with Gasteiger partial charge in [-0.05, 0) is 141 Å². The Balaban J connectivity index is 0.000000240. The van der Waals surface area contributed by atoms with E-state index in [0.717, 1.165) is 70.0 Å². The summed E-state index contributed by atoms with van der Waals surface area (Å²) in [4.78, 5) is 75.8. The average Bonchev–Trinajstić information content (AvgIpc) is 1.77. The first-order valence-corrected chi connectivity index (χ1v) is 44.8. The molecule has 6 heterocycles. The van der Waals surface area contributed by atoms with E-state index in [1.165, 1.54) is 68.5 Å². The second-order valence-corrected chi connectivity index (χ2v) is 33.4. The van der Waals surface area contributed by atoms with Crippen LogP contribution in [-0.4, -0.2) is 119 Å². The van der Waals surface area contributed by atoms with Gasteiger partial charge in [-0.3, -0.25) is 10.1 Å². The Morgan fingerprint density at radius 2 is 0.570 bits per heavy atom. The molecular weight excluding hydrogens is 2520 g/mol. The Morgan fingerprint density at radius 3 is 0.832 bits per heavy atom. The Bertz CT molecular complexity index is 7880. The van der Waals surface area contributed by atoms with Crippen molar-refractivity contribution < 1.29 is 229 Å². The number of benzene rings is 12. The van der Waals surface area contributed by atoms with Gasteiger partial charge in [0.2, 0.25) is 0 Å². The minimum atomic E-state index is -0.514. The minimum absolute atomic E-state index is 0. The third-order valence-electron chi connectivity index (χ3n) is 20.6. The number of aromatic nitrogens is 24. The molecule has 0 atom stereocenters. The number of halogens is 8. The van der Waals surface area contributed by atoms with Crippen LogP contribution in [0.5, 0.6) is 34.5 Å². The van der Waals surface area contributed by atoms with Crippen molar-refractivity contribution in [2.45, 2.75) is 74.3 Å². The zero-order chi connectivity index (χ0) is 102. The fourth-order valence-corrected chi connectivity index (χ4v) is 14.5. The predicted octanol–water partition coefficient (Wildman–Crippen LogP) is 14.7. The molecule has 748 valence electrons. The molecule has 0 saturated carbocycles. The van der Waals surface area contributed by atoms with Gasteiger partial charge in [0.15, 0.2) is 0 Å². The van der Waals surface area contributed by atoms with E-state index in [1.54, 1.807) is 171 Å². The molecule has 149 heavy (non-hydrogen) atoms. The average molecular weight is 2600 g/mol. The SMILES string of the molecule is Cc1[c-]ccc(OCc2c(Cl)cccc2-n2nnn(C)c2=O)c1.Cc1[c-]ccc(OCc2c(Cl)cccc2-n2nnn(C)c2=O)c1.Cc1c[c-]c(C#N)cc1OCc1c(Cl)cccc1-n1nnn(C)c1=O.Cc1c[c-]c(Cl)cc1OCc1c(Cl)cccc1-n1nnn(C)c1=O.Cc1c[c-]c(F)cc1OCc1c(Cl)cccc1-n1nnn(C)c1=O.[C-]#[N+]c1[c-]ccc(OCc2c(Cl)cccc2-n2nnn(C)c2=O)c1.[Y].[Y].[Y].[Y].[Y].[Y]. The largest absolute Gasteiger partial charge is 0.515 e. The van der Waals surface area contributed by atoms with Crippen LogP contribution in [0.3, 0.4) is 0 Å². The van der Waals surface area contributed by atoms with Gasteiger partial charge in [0.25, 0.3) is 0 Å². The molecule has 0 unspecified atom stereocenters. The maximum Gasteiger partial charge on any atom is 0.368 e. The first-order chi connectivity index (χ1) is 68.7. The molecular formula is C97H78Cl7FN26O12Y6-6. The van der Waals surface area contributed by atoms with Crippen LogP contribution < -0.4 is 62.6 Å². The molecule has 0 N–H and O–H groups in total. The summed E-state index contributed by atoms with van der Waals surface area (Å²) in [6, 6.07) is 75.5. The summed E-state index contributed by atoms with van der Waals surface area (Å²) >= 11 is 43.6. The maximum atomic E-state index is 13.3. The second kappa shape index (κ2) is 60.0. The zero-order valence-corrected chi connectivity index (χ0v) is 103. The van der Waals surface area contributed by atoms with Crippen molar-refractivity contribution in [3.05, 3.63) is 419 Å². The van der Waals surface area contributed by atoms with Crippen LogP contribution in [0, 0.1) is 94.7 Å². The molecule has 52 heteroatoms. The van der Waals surface area contributed by atoms with Crippen LogP contribution >= 0.6 is 81.2 Å². The fourth-order valence-electron chi connectivity index (χ4n) is 13.0. The molecule has 38 nitrogen and oxygen atoms in total. The quantitative estimate of drug-likeness (QED) is 0.0507. The van der Waals surface area contributed by atoms with Gasteiger partial charge in [0.1, 0.15) is 39.6 Å². The molecule has 0 fully saturated rings. The molecule has 12 aromatic carbocycles. The van der Waals surface area contributed by atoms with E-state index >= 15 is 0 Å². The molecule has 0 saturated heterocycles. The summed E-state index contributed by atoms with van der Waals surface area (Å²) in [5.41, 5.74) is 9.69. The predicted molar refractivity (Wildman–Crippen MR) is 527 cm³/mol. The number of aryl methyl sites for hydroxylation is 11. The van der Waals surface area contributed by atoms with Crippen LogP contribution in [0.4, 0.5) is 10.1 Å². The smallest absolute Gasteiger partial charge is 0.368 e. The van der Waals surface area contributed by atoms with Gasteiger partial charge < -0.3 is 28.4 Å². The van der Waals surface area contributed by atoms with E-state index in [4.69, 9.17) is 121 Å². The Morgan fingerprint density at radius 1 is 0.322 bits per heavy atom. The van der Waals surface area contributed by atoms with Crippen molar-refractivity contribution >= 4 is 86.9 Å². The summed E-state index contributed by atoms with van der Waals surface area (Å²) < 4.78 is 61.8. The number of nitrogens with zero attached hydrogens (tertiary/aromatic N) is 26. The standard InChI is InChI=1S/C17H13ClN5O2.C16H13Cl2N4O2.C16H13ClFN4O2.C16H11ClN5O2.2C16H14ClN4O2.6Y/c1-11-6-7-12(9-19)8-16(11)25-10-13-14(18)4-3-5-15(13)23-17(24)22(2)20-21-23;1-10-6-7-11(17)8-15(10)24-9-12-13(18)4-3-5-14(12)22-16(23)21(2)19-20-22;1-10-6-7-11(18)8-15(10)24-9-12-13(17)4-3-5-14(12)22-16(23)21(2)19-20-22;1-18-11-5-3-6-12(9-11)24-10-13-14(17)7-4-8-15(13)22-16(23)21(2)19-20-22;2*1-11-5-3-6-12(9-11)23-10-13-14(17)7-4-8-15(13)21-16(22)20(2)18-19-21;;;;;;/h3-6,8H,10H2,1-2H3;2*3-6,8H,9H2,1-2H3;3-4,6-9H,10H2,2H3;2*3-4,6-9H,10H2,1-2H3;;;;;;/q6*-1;;;;;;. The maximum absolute atomic E-state index is 13.3. The summed E-state index contributed by atoms with van der Waals surface area (Å²) in [7, 11) is 9.13. The van der Waals surface area contributed by atoms with Crippen molar-refractivity contribution in [1.82, 2.24) is 119 Å². The van der Waals surface area contributed by atoms with Crippen molar-refractivity contribution in [2.24, 2.45) is 42.3 Å². The topological polar surface area (TPSA) is 400 Å². The Kier molecular flexibility index (Phi) is 50.8. The molecule has 6 radical (unpaired) electrons. The number of ether oxygens (including phenoxy) is 6. The van der Waals surface area contributed by atoms with Gasteiger partial charge in [-0.15, -0.1) is 83.4 Å². The Hall–Kier alpha value is -9.78. The molecule has 0 aliphatic carbocycles. The van der Waals surface area contributed by atoms with Crippen molar-refractivity contribution in [2.75, 3.05) is 0 Å². The van der Waals surface area contributed by atoms with Crippen LogP contribution in [0.25, 0.3) is 39.0 Å². The van der Waals surface area contributed by atoms with Gasteiger partial charge in [-0.1, -0.05) is 169 Å². The van der Waals surface area contributed by atoms with E-state index in [-0.39, 0.29) is 264 Å². The van der Waals surface area contributed by atoms with Crippen molar-refractivity contribution in [3.8, 4) is 74.7 Å². The van der Waals surface area contributed by atoms with Crippen LogP contribution in [-0.2, 0) is 278 Å². The molecule has 0 spiro atoms. The van der Waals surface area contributed by atoms with Crippen molar-refractivity contribution in [1.29, 1.82) is 5.26 Å². The monoisotopic (exact) mass is 2600 g/mol. The first kappa shape index (κ1) is 126. The Labute approximate surface area is 1040 Å². The van der Waals surface area contributed by atoms with E-state index in [2.05, 4.69) is 104 Å². The third kappa shape index (κ3) is 32.9. The third-order valence-corrected chi connectivity index (χ3v) is 23.0. The summed E-state index contributed by atoms with van der Waals surface area (Å²) in [6.45, 7) is 17.2. The minimum Gasteiger partial charge on any atom is -0.515 e. The van der Waals surface area contributed by atoms with Crippen LogP contribution in [0.1, 0.15) is 66.8 Å². The van der Waals surface area contributed by atoms with Crippen LogP contribution in [0.15, 0.2) is 229 Å². The van der Waals surface area contributed by atoms with E-state index in [9.17, 15) is 33.2 Å². The molecule has 6 aromatic heterocycles. The van der Waals surface area contributed by atoms with E-state index in [0.29, 0.717) is 148 Å². The van der Waals surface area contributed by atoms with Crippen molar-refractivity contribution in [3.63, 3.8) is 0 Å².